The van der Waals surface area contributed by atoms with Crippen LogP contribution in [0.5, 0.6) is 0 Å². The number of likely N-dealkylation sites (tertiary alicyclic amines) is 1. The van der Waals surface area contributed by atoms with Gasteiger partial charge in [0.2, 0.25) is 5.91 Å². The van der Waals surface area contributed by atoms with Crippen LogP contribution in [0.15, 0.2) is 18.2 Å². The summed E-state index contributed by atoms with van der Waals surface area (Å²) in [7, 11) is 2.02. The molecule has 0 aliphatic carbocycles. The van der Waals surface area contributed by atoms with Crippen molar-refractivity contribution >= 4 is 16.9 Å². The summed E-state index contributed by atoms with van der Waals surface area (Å²) in [6.07, 6.45) is 1.81. The minimum atomic E-state index is 0.0643. The highest BCUT2D eigenvalue weighted by Crippen LogP contribution is 2.28. The second kappa shape index (κ2) is 8.51. The number of hydrogen-bond acceptors (Lipinski definition) is 6. The second-order valence-corrected chi connectivity index (χ2v) is 8.56. The van der Waals surface area contributed by atoms with Crippen LogP contribution in [0, 0.1) is 6.92 Å². The quantitative estimate of drug-likeness (QED) is 0.669. The minimum absolute atomic E-state index is 0.0643. The molecule has 1 aliphatic rings. The van der Waals surface area contributed by atoms with E-state index in [0.717, 1.165) is 42.8 Å². The summed E-state index contributed by atoms with van der Waals surface area (Å²) in [5, 5.41) is 11.9. The lowest BCUT2D eigenvalue weighted by atomic mass is 9.96. The van der Waals surface area contributed by atoms with Gasteiger partial charge in [-0.3, -0.25) is 9.69 Å². The predicted octanol–water partition coefficient (Wildman–Crippen LogP) is 2.10. The number of nitrogens with zero attached hydrogens (tertiary/aromatic N) is 7. The molecule has 4 rings (SSSR count). The summed E-state index contributed by atoms with van der Waals surface area (Å²) < 4.78 is 1.62. The van der Waals surface area contributed by atoms with Crippen LogP contribution in [0.1, 0.15) is 49.8 Å². The van der Waals surface area contributed by atoms with Crippen molar-refractivity contribution in [2.45, 2.75) is 58.7 Å². The van der Waals surface area contributed by atoms with Crippen molar-refractivity contribution in [1.82, 2.24) is 40.0 Å². The number of aryl methyl sites for hydroxylation is 1. The Kier molecular flexibility index (Phi) is 5.80. The van der Waals surface area contributed by atoms with Crippen LogP contribution in [0.4, 0.5) is 0 Å². The molecule has 3 aromatic rings. The van der Waals surface area contributed by atoms with E-state index >= 15 is 0 Å². The van der Waals surface area contributed by atoms with E-state index in [1.54, 1.807) is 4.68 Å². The highest BCUT2D eigenvalue weighted by atomic mass is 16.2. The first-order valence-corrected chi connectivity index (χ1v) is 10.6. The molecule has 160 valence electrons. The van der Waals surface area contributed by atoms with E-state index in [4.69, 9.17) is 4.98 Å². The summed E-state index contributed by atoms with van der Waals surface area (Å²) in [5.74, 6) is 2.16. The van der Waals surface area contributed by atoms with Crippen molar-refractivity contribution in [2.75, 3.05) is 20.1 Å². The fourth-order valence-electron chi connectivity index (χ4n) is 3.83. The number of nitrogens with one attached hydrogen (secondary N) is 1. The van der Waals surface area contributed by atoms with E-state index in [1.165, 1.54) is 5.56 Å². The normalized spacial score (nSPS) is 15.6. The number of rotatable bonds is 6. The number of H-pyrrole nitrogens is 1. The third-order valence-corrected chi connectivity index (χ3v) is 6.05. The van der Waals surface area contributed by atoms with Crippen molar-refractivity contribution in [2.24, 2.45) is 0 Å². The number of imidazole rings is 1. The fraction of sp³-hybridized carbons (Fsp3) is 0.571. The number of carbonyl (C=O) groups excluding carboxylic acids is 1. The summed E-state index contributed by atoms with van der Waals surface area (Å²) in [5.41, 5.74) is 3.31. The SMILES string of the molecule is Cc1ccc2nc(C3CCN(C(=O)Cn4nnnc4CN(C)C(C)C)CC3)[nH]c2c1. The number of aromatic nitrogens is 6. The maximum atomic E-state index is 12.8. The molecule has 0 bridgehead atoms. The Morgan fingerprint density at radius 2 is 2.07 bits per heavy atom. The zero-order valence-electron chi connectivity index (χ0n) is 18.2. The molecular formula is C21H30N8O. The largest absolute Gasteiger partial charge is 0.342 e. The van der Waals surface area contributed by atoms with Gasteiger partial charge in [0, 0.05) is 25.0 Å². The van der Waals surface area contributed by atoms with Crippen LogP contribution < -0.4 is 0 Å². The Morgan fingerprint density at radius 3 is 2.80 bits per heavy atom. The van der Waals surface area contributed by atoms with Gasteiger partial charge in [0.15, 0.2) is 5.82 Å². The highest BCUT2D eigenvalue weighted by Gasteiger charge is 2.26. The van der Waals surface area contributed by atoms with Gasteiger partial charge in [-0.05, 0) is 68.8 Å². The monoisotopic (exact) mass is 410 g/mol. The van der Waals surface area contributed by atoms with Gasteiger partial charge in [0.1, 0.15) is 12.4 Å². The van der Waals surface area contributed by atoms with Crippen LogP contribution in [0.2, 0.25) is 0 Å². The molecule has 1 aromatic carbocycles. The highest BCUT2D eigenvalue weighted by molar-refractivity contribution is 5.76. The number of amides is 1. The molecule has 1 aliphatic heterocycles. The van der Waals surface area contributed by atoms with Crippen LogP contribution in [0.3, 0.4) is 0 Å². The Balaban J connectivity index is 1.35. The number of aromatic amines is 1. The topological polar surface area (TPSA) is 95.8 Å². The van der Waals surface area contributed by atoms with Crippen molar-refractivity contribution in [3.63, 3.8) is 0 Å². The lowest BCUT2D eigenvalue weighted by molar-refractivity contribution is -0.133. The van der Waals surface area contributed by atoms with Gasteiger partial charge in [0.25, 0.3) is 0 Å². The lowest BCUT2D eigenvalue weighted by Gasteiger charge is -2.31. The van der Waals surface area contributed by atoms with E-state index in [0.29, 0.717) is 24.3 Å². The maximum absolute atomic E-state index is 12.8. The third-order valence-electron chi connectivity index (χ3n) is 6.05. The smallest absolute Gasteiger partial charge is 0.244 e. The molecule has 0 atom stereocenters. The molecule has 1 saturated heterocycles. The first-order valence-electron chi connectivity index (χ1n) is 10.6. The van der Waals surface area contributed by atoms with Crippen molar-refractivity contribution in [3.8, 4) is 0 Å². The van der Waals surface area contributed by atoms with E-state index < -0.39 is 0 Å². The molecule has 1 fully saturated rings. The van der Waals surface area contributed by atoms with Crippen LogP contribution in [-0.2, 0) is 17.9 Å². The van der Waals surface area contributed by atoms with Crippen LogP contribution in [0.25, 0.3) is 11.0 Å². The molecule has 9 nitrogen and oxygen atoms in total. The first kappa shape index (κ1) is 20.5. The Bertz CT molecular complexity index is 1020. The van der Waals surface area contributed by atoms with Gasteiger partial charge in [-0.2, -0.15) is 0 Å². The zero-order valence-corrected chi connectivity index (χ0v) is 18.2. The van der Waals surface area contributed by atoms with Crippen molar-refractivity contribution < 1.29 is 4.79 Å². The molecule has 9 heteroatoms. The van der Waals surface area contributed by atoms with E-state index in [2.05, 4.69) is 64.4 Å². The van der Waals surface area contributed by atoms with Crippen molar-refractivity contribution in [3.05, 3.63) is 35.4 Å². The Labute approximate surface area is 176 Å². The number of carbonyl (C=O) groups is 1. The number of piperidine rings is 1. The minimum Gasteiger partial charge on any atom is -0.342 e. The number of hydrogen-bond donors (Lipinski definition) is 1. The second-order valence-electron chi connectivity index (χ2n) is 8.56. The van der Waals surface area contributed by atoms with Gasteiger partial charge in [-0.15, -0.1) is 5.10 Å². The number of fused-ring (bicyclic) bond motifs is 1. The number of benzene rings is 1. The summed E-state index contributed by atoms with van der Waals surface area (Å²) in [4.78, 5) is 25.1. The molecule has 0 radical (unpaired) electrons. The van der Waals surface area contributed by atoms with E-state index in [9.17, 15) is 4.79 Å². The summed E-state index contributed by atoms with van der Waals surface area (Å²) >= 11 is 0. The molecule has 2 aromatic heterocycles. The Hall–Kier alpha value is -2.81. The molecule has 0 unspecified atom stereocenters. The molecule has 1 amide bonds. The predicted molar refractivity (Wildman–Crippen MR) is 114 cm³/mol. The van der Waals surface area contributed by atoms with Gasteiger partial charge in [-0.1, -0.05) is 6.07 Å². The lowest BCUT2D eigenvalue weighted by Crippen LogP contribution is -2.40. The average Bonchev–Trinajstić information content (AvgIpc) is 3.34. The average molecular weight is 411 g/mol. The fourth-order valence-corrected chi connectivity index (χ4v) is 3.83. The zero-order chi connectivity index (χ0) is 21.3. The molecule has 0 spiro atoms. The summed E-state index contributed by atoms with van der Waals surface area (Å²) in [6, 6.07) is 6.65. The molecule has 0 saturated carbocycles. The molecule has 1 N–H and O–H groups in total. The number of tetrazole rings is 1. The van der Waals surface area contributed by atoms with Crippen molar-refractivity contribution in [1.29, 1.82) is 0 Å². The molecule has 3 heterocycles. The molecule has 30 heavy (non-hydrogen) atoms. The van der Waals surface area contributed by atoms with Gasteiger partial charge < -0.3 is 9.88 Å². The van der Waals surface area contributed by atoms with Crippen LogP contribution in [-0.4, -0.2) is 72.1 Å². The standard InChI is InChI=1S/C21H30N8O/c1-14(2)27(4)12-19-24-25-26-29(19)13-20(30)28-9-7-16(8-10-28)21-22-17-6-5-15(3)11-18(17)23-21/h5-6,11,14,16H,7-10,12-13H2,1-4H3,(H,22,23). The molecular weight excluding hydrogens is 380 g/mol. The third kappa shape index (κ3) is 4.35. The first-order chi connectivity index (χ1) is 14.4. The van der Waals surface area contributed by atoms with E-state index in [-0.39, 0.29) is 12.5 Å². The van der Waals surface area contributed by atoms with Crippen LogP contribution >= 0.6 is 0 Å². The van der Waals surface area contributed by atoms with Gasteiger partial charge >= 0.3 is 0 Å². The maximum Gasteiger partial charge on any atom is 0.244 e. The summed E-state index contributed by atoms with van der Waals surface area (Å²) in [6.45, 7) is 8.57. The van der Waals surface area contributed by atoms with E-state index in [1.807, 2.05) is 11.9 Å². The Morgan fingerprint density at radius 1 is 1.30 bits per heavy atom. The van der Waals surface area contributed by atoms with Gasteiger partial charge in [0.05, 0.1) is 17.6 Å². The van der Waals surface area contributed by atoms with Gasteiger partial charge in [-0.25, -0.2) is 9.67 Å².